The number of anilines is 1. The summed E-state index contributed by atoms with van der Waals surface area (Å²) in [5.41, 5.74) is 0.833. The summed E-state index contributed by atoms with van der Waals surface area (Å²) >= 11 is 4.69. The van der Waals surface area contributed by atoms with E-state index in [9.17, 15) is 4.79 Å². The minimum absolute atomic E-state index is 0.159. The van der Waals surface area contributed by atoms with E-state index >= 15 is 0 Å². The van der Waals surface area contributed by atoms with Gasteiger partial charge in [0.05, 0.1) is 11.9 Å². The third kappa shape index (κ3) is 3.91. The summed E-state index contributed by atoms with van der Waals surface area (Å²) in [6.45, 7) is 4.00. The van der Waals surface area contributed by atoms with Crippen LogP contribution in [-0.4, -0.2) is 36.3 Å². The number of nitrogen functional groups attached to an aromatic ring is 1. The van der Waals surface area contributed by atoms with Crippen molar-refractivity contribution >= 4 is 39.4 Å². The maximum Gasteiger partial charge on any atom is 0.235 e. The monoisotopic (exact) mass is 435 g/mol. The van der Waals surface area contributed by atoms with Crippen LogP contribution in [0.25, 0.3) is 11.4 Å². The number of nitrogens with one attached hydrogen (secondary N) is 1. The molecule has 10 heteroatoms. The zero-order chi connectivity index (χ0) is 18.7. The number of amides is 1. The molecular weight excluding hydrogens is 418 g/mol. The molecule has 2 aromatic heterocycles. The predicted octanol–water partition coefficient (Wildman–Crippen LogP) is 2.93. The number of rotatable bonds is 6. The number of nitrogens with two attached hydrogens (primary N) is 1. The Hall–Kier alpha value is -2.33. The van der Waals surface area contributed by atoms with Gasteiger partial charge in [-0.25, -0.2) is 9.36 Å². The standard InChI is InChI=1S/C16H18BrN7OS/c1-10(2)24-13(7-8-19-24)20-14(25)9-26-16-22-21-15(23(16)18)11-5-3-4-6-12(11)17/h3-8,10H,9,18H2,1-2H3,(H,20,25). The highest BCUT2D eigenvalue weighted by molar-refractivity contribution is 9.10. The van der Waals surface area contributed by atoms with Crippen LogP contribution in [0.2, 0.25) is 0 Å². The molecule has 1 aromatic carbocycles. The second-order valence-electron chi connectivity index (χ2n) is 5.75. The topological polar surface area (TPSA) is 104 Å². The lowest BCUT2D eigenvalue weighted by Crippen LogP contribution is -2.19. The number of benzene rings is 1. The molecule has 3 rings (SSSR count). The zero-order valence-electron chi connectivity index (χ0n) is 14.3. The van der Waals surface area contributed by atoms with Crippen LogP contribution in [0.1, 0.15) is 19.9 Å². The lowest BCUT2D eigenvalue weighted by atomic mass is 10.2. The molecule has 0 aliphatic heterocycles. The quantitative estimate of drug-likeness (QED) is 0.455. The van der Waals surface area contributed by atoms with Gasteiger partial charge in [-0.3, -0.25) is 4.79 Å². The summed E-state index contributed by atoms with van der Waals surface area (Å²) in [5.74, 6) is 7.28. The second kappa shape index (κ2) is 7.92. The van der Waals surface area contributed by atoms with Crippen molar-refractivity contribution in [2.24, 2.45) is 0 Å². The van der Waals surface area contributed by atoms with Crippen LogP contribution in [0.5, 0.6) is 0 Å². The molecule has 0 bridgehead atoms. The van der Waals surface area contributed by atoms with Gasteiger partial charge in [-0.05, 0) is 26.0 Å². The Balaban J connectivity index is 1.66. The predicted molar refractivity (Wildman–Crippen MR) is 105 cm³/mol. The van der Waals surface area contributed by atoms with Crippen molar-refractivity contribution in [3.8, 4) is 11.4 Å². The number of carbonyl (C=O) groups excluding carboxylic acids is 1. The van der Waals surface area contributed by atoms with Crippen molar-refractivity contribution < 1.29 is 4.79 Å². The summed E-state index contributed by atoms with van der Waals surface area (Å²) in [6.07, 6.45) is 1.66. The van der Waals surface area contributed by atoms with Crippen LogP contribution >= 0.6 is 27.7 Å². The van der Waals surface area contributed by atoms with Crippen LogP contribution in [0.4, 0.5) is 5.82 Å². The number of thioether (sulfide) groups is 1. The highest BCUT2D eigenvalue weighted by atomic mass is 79.9. The zero-order valence-corrected chi connectivity index (χ0v) is 16.7. The fourth-order valence-corrected chi connectivity index (χ4v) is 3.45. The summed E-state index contributed by atoms with van der Waals surface area (Å²) < 4.78 is 4.01. The lowest BCUT2D eigenvalue weighted by molar-refractivity contribution is -0.113. The minimum atomic E-state index is -0.164. The Bertz CT molecular complexity index is 921. The van der Waals surface area contributed by atoms with Crippen LogP contribution in [0.15, 0.2) is 46.2 Å². The Morgan fingerprint density at radius 2 is 2.08 bits per heavy atom. The highest BCUT2D eigenvalue weighted by Crippen LogP contribution is 2.28. The van der Waals surface area contributed by atoms with Crippen molar-refractivity contribution in [1.82, 2.24) is 24.7 Å². The molecule has 0 radical (unpaired) electrons. The van der Waals surface area contributed by atoms with Gasteiger partial charge in [0, 0.05) is 22.1 Å². The maximum absolute atomic E-state index is 12.2. The molecule has 1 amide bonds. The average molecular weight is 436 g/mol. The third-order valence-electron chi connectivity index (χ3n) is 3.54. The molecule has 0 saturated carbocycles. The number of nitrogens with zero attached hydrogens (tertiary/aromatic N) is 5. The van der Waals surface area contributed by atoms with Crippen molar-refractivity contribution in [3.05, 3.63) is 41.0 Å². The molecule has 0 aliphatic rings. The Labute approximate surface area is 163 Å². The van der Waals surface area contributed by atoms with Crippen molar-refractivity contribution in [1.29, 1.82) is 0 Å². The van der Waals surface area contributed by atoms with E-state index in [1.807, 2.05) is 38.1 Å². The fraction of sp³-hybridized carbons (Fsp3) is 0.250. The van der Waals surface area contributed by atoms with E-state index in [2.05, 4.69) is 36.5 Å². The Morgan fingerprint density at radius 3 is 2.81 bits per heavy atom. The first-order chi connectivity index (χ1) is 12.5. The number of hydrogen-bond donors (Lipinski definition) is 2. The van der Waals surface area contributed by atoms with E-state index < -0.39 is 0 Å². The molecule has 0 saturated heterocycles. The molecule has 0 atom stereocenters. The van der Waals surface area contributed by atoms with E-state index in [-0.39, 0.29) is 17.7 Å². The lowest BCUT2D eigenvalue weighted by Gasteiger charge is -2.11. The first-order valence-electron chi connectivity index (χ1n) is 7.89. The number of halogens is 1. The second-order valence-corrected chi connectivity index (χ2v) is 7.54. The number of aromatic nitrogens is 5. The first-order valence-corrected chi connectivity index (χ1v) is 9.66. The molecule has 3 aromatic rings. The molecule has 0 unspecified atom stereocenters. The molecular formula is C16H18BrN7OS. The van der Waals surface area contributed by atoms with Gasteiger partial charge in [0.2, 0.25) is 11.1 Å². The minimum Gasteiger partial charge on any atom is -0.335 e. The van der Waals surface area contributed by atoms with Crippen molar-refractivity contribution in [2.75, 3.05) is 16.9 Å². The fourth-order valence-electron chi connectivity index (χ4n) is 2.34. The summed E-state index contributed by atoms with van der Waals surface area (Å²) in [7, 11) is 0. The molecule has 3 N–H and O–H groups in total. The van der Waals surface area contributed by atoms with Crippen LogP contribution in [0, 0.1) is 0 Å². The summed E-state index contributed by atoms with van der Waals surface area (Å²) in [5, 5.41) is 15.7. The van der Waals surface area contributed by atoms with Gasteiger partial charge in [-0.1, -0.05) is 39.8 Å². The Morgan fingerprint density at radius 1 is 1.31 bits per heavy atom. The molecule has 0 spiro atoms. The van der Waals surface area contributed by atoms with E-state index in [0.717, 1.165) is 10.0 Å². The highest BCUT2D eigenvalue weighted by Gasteiger charge is 2.16. The van der Waals surface area contributed by atoms with E-state index in [4.69, 9.17) is 5.84 Å². The summed E-state index contributed by atoms with van der Waals surface area (Å²) in [4.78, 5) is 12.2. The van der Waals surface area contributed by atoms with Crippen LogP contribution in [-0.2, 0) is 4.79 Å². The van der Waals surface area contributed by atoms with E-state index in [1.54, 1.807) is 16.9 Å². The Kier molecular flexibility index (Phi) is 5.62. The average Bonchev–Trinajstić information content (AvgIpc) is 3.20. The molecule has 0 fully saturated rings. The van der Waals surface area contributed by atoms with Gasteiger partial charge in [0.25, 0.3) is 0 Å². The van der Waals surface area contributed by atoms with Gasteiger partial charge in [0.15, 0.2) is 5.82 Å². The molecule has 8 nitrogen and oxygen atoms in total. The summed E-state index contributed by atoms with van der Waals surface area (Å²) in [6, 6.07) is 9.53. The normalized spacial score (nSPS) is 11.1. The SMILES string of the molecule is CC(C)n1nccc1NC(=O)CSc1nnc(-c2ccccc2Br)n1N. The molecule has 2 heterocycles. The molecule has 136 valence electrons. The number of hydrogen-bond acceptors (Lipinski definition) is 6. The van der Waals surface area contributed by atoms with Gasteiger partial charge in [-0.2, -0.15) is 5.10 Å². The molecule has 26 heavy (non-hydrogen) atoms. The van der Waals surface area contributed by atoms with Gasteiger partial charge in [0.1, 0.15) is 5.82 Å². The van der Waals surface area contributed by atoms with E-state index in [1.165, 1.54) is 16.4 Å². The van der Waals surface area contributed by atoms with Crippen molar-refractivity contribution in [3.63, 3.8) is 0 Å². The maximum atomic E-state index is 12.2. The number of carbonyl (C=O) groups is 1. The van der Waals surface area contributed by atoms with Crippen LogP contribution in [0.3, 0.4) is 0 Å². The van der Waals surface area contributed by atoms with Gasteiger partial charge in [-0.15, -0.1) is 10.2 Å². The molecule has 0 aliphatic carbocycles. The van der Waals surface area contributed by atoms with Crippen LogP contribution < -0.4 is 11.2 Å². The smallest absolute Gasteiger partial charge is 0.235 e. The first kappa shape index (κ1) is 18.5. The van der Waals surface area contributed by atoms with Gasteiger partial charge >= 0.3 is 0 Å². The largest absolute Gasteiger partial charge is 0.335 e. The third-order valence-corrected chi connectivity index (χ3v) is 5.17. The van der Waals surface area contributed by atoms with Crippen molar-refractivity contribution in [2.45, 2.75) is 25.0 Å². The van der Waals surface area contributed by atoms with Gasteiger partial charge < -0.3 is 11.2 Å². The van der Waals surface area contributed by atoms with E-state index in [0.29, 0.717) is 16.8 Å².